The molecule has 1 fully saturated rings. The van der Waals surface area contributed by atoms with Crippen LogP contribution in [0.2, 0.25) is 0 Å². The number of alkyl halides is 9. The molecule has 3 unspecified atom stereocenters. The van der Waals surface area contributed by atoms with Crippen LogP contribution < -0.4 is 29.6 Å². The molecular formula is C55H58F9NaO13S5. The molecule has 3 atom stereocenters. The van der Waals surface area contributed by atoms with Crippen LogP contribution in [0.5, 0.6) is 0 Å². The van der Waals surface area contributed by atoms with E-state index < -0.39 is 110 Å². The Morgan fingerprint density at radius 2 is 0.663 bits per heavy atom. The number of carbonyl (C=O) groups is 1. The number of rotatable bonds is 20. The fourth-order valence-electron chi connectivity index (χ4n) is 7.08. The van der Waals surface area contributed by atoms with Gasteiger partial charge in [0.15, 0.2) is 78.2 Å². The maximum absolute atomic E-state index is 13.0. The standard InChI is InChI=1S/2C18H15S.C11H17F3O5S.2C4H7F3O4S.Na/c2*1-4-10-16(11-5-1)19(17-12-6-2-7-13-17)18-14-8-3-9-15-18;12-9(11(13,14)20(16,17)18)6-7-19-10(15)8-4-2-1-3-5-8;2*5-3(1-2-8)4(6,7)12(9,10)11;/h2*1-15H;8-9H,1-7H2,(H,16,17,18);2*3,8H,1-2H2,(H,9,10,11);/q2*+1;;;;+1/p-3. The maximum Gasteiger partial charge on any atom is 1.00 e. The predicted molar refractivity (Wildman–Crippen MR) is 287 cm³/mol. The molecule has 6 aromatic carbocycles. The van der Waals surface area contributed by atoms with Crippen LogP contribution in [0.15, 0.2) is 211 Å². The van der Waals surface area contributed by atoms with Crippen molar-refractivity contribution in [2.24, 2.45) is 5.92 Å². The SMILES string of the molecule is O=C(OCCC(F)C(F)(F)S(=O)(=O)[O-])C1CCCCC1.O=S(=O)([O-])C(F)(F)C(F)CCO.O=S(=O)([O-])C(F)(F)C(F)CCO.[Na+].c1ccc([S+](c2ccccc2)c2ccccc2)cc1.c1ccc([S+](c2ccccc2)c2ccccc2)cc1. The number of esters is 1. The van der Waals surface area contributed by atoms with E-state index in [9.17, 15) is 83.2 Å². The van der Waals surface area contributed by atoms with Crippen molar-refractivity contribution in [2.45, 2.75) is 115 Å². The zero-order valence-electron chi connectivity index (χ0n) is 44.2. The summed E-state index contributed by atoms with van der Waals surface area (Å²) in [5.41, 5.74) is 0. The zero-order valence-corrected chi connectivity index (χ0v) is 50.3. The van der Waals surface area contributed by atoms with Crippen molar-refractivity contribution in [3.8, 4) is 0 Å². The number of carbonyl (C=O) groups excluding carboxylic acids is 1. The van der Waals surface area contributed by atoms with Crippen LogP contribution >= 0.6 is 0 Å². The number of halogens is 9. The quantitative estimate of drug-likeness (QED) is 0.0241. The number of aliphatic hydroxyl groups is 2. The molecule has 83 heavy (non-hydrogen) atoms. The van der Waals surface area contributed by atoms with Crippen molar-refractivity contribution in [1.29, 1.82) is 0 Å². The summed E-state index contributed by atoms with van der Waals surface area (Å²) in [7, 11) is -18.1. The van der Waals surface area contributed by atoms with Gasteiger partial charge in [0.05, 0.1) is 34.3 Å². The molecule has 0 amide bonds. The molecule has 1 saturated carbocycles. The van der Waals surface area contributed by atoms with E-state index >= 15 is 0 Å². The average molecular weight is 1280 g/mol. The molecule has 1 aliphatic rings. The van der Waals surface area contributed by atoms with Crippen LogP contribution in [-0.2, 0) is 61.7 Å². The van der Waals surface area contributed by atoms with Crippen LogP contribution in [0, 0.1) is 5.92 Å². The minimum absolute atomic E-state index is 0. The molecule has 13 nitrogen and oxygen atoms in total. The molecule has 0 heterocycles. The number of aliphatic hydroxyl groups excluding tert-OH is 2. The number of hydrogen-bond acceptors (Lipinski definition) is 13. The second kappa shape index (κ2) is 35.8. The van der Waals surface area contributed by atoms with E-state index in [1.807, 2.05) is 0 Å². The Bertz CT molecular complexity index is 2760. The first kappa shape index (κ1) is 74.6. The summed E-state index contributed by atoms with van der Waals surface area (Å²) in [6.07, 6.45) is -8.68. The number of hydrogen-bond donors (Lipinski definition) is 2. The molecular weight excluding hydrogens is 1220 g/mol. The topological polar surface area (TPSA) is 238 Å². The minimum atomic E-state index is -6.07. The first-order valence-electron chi connectivity index (χ1n) is 24.6. The Labute approximate surface area is 505 Å². The predicted octanol–water partition coefficient (Wildman–Crippen LogP) is 8.23. The van der Waals surface area contributed by atoms with Crippen LogP contribution in [0.4, 0.5) is 39.5 Å². The van der Waals surface area contributed by atoms with Crippen molar-refractivity contribution >= 4 is 58.1 Å². The normalized spacial score (nSPS) is 14.2. The molecule has 28 heteroatoms. The van der Waals surface area contributed by atoms with Crippen molar-refractivity contribution in [2.75, 3.05) is 19.8 Å². The van der Waals surface area contributed by atoms with Gasteiger partial charge in [0.2, 0.25) is 0 Å². The zero-order chi connectivity index (χ0) is 61.2. The summed E-state index contributed by atoms with van der Waals surface area (Å²) in [6, 6.07) is 64.3. The second-order valence-electron chi connectivity index (χ2n) is 17.3. The molecule has 0 saturated heterocycles. The Morgan fingerprint density at radius 1 is 0.446 bits per heavy atom. The van der Waals surface area contributed by atoms with Gasteiger partial charge in [0.1, 0.15) is 0 Å². The molecule has 7 rings (SSSR count). The van der Waals surface area contributed by atoms with Crippen molar-refractivity contribution in [3.63, 3.8) is 0 Å². The summed E-state index contributed by atoms with van der Waals surface area (Å²) in [4.78, 5) is 19.7. The van der Waals surface area contributed by atoms with Gasteiger partial charge in [-0.05, 0) is 85.6 Å². The smallest absolute Gasteiger partial charge is 0.743 e. The van der Waals surface area contributed by atoms with E-state index in [1.165, 1.54) is 29.4 Å². The second-order valence-corrected chi connectivity index (χ2v) is 25.7. The average Bonchev–Trinajstić information content (AvgIpc) is 3.46. The van der Waals surface area contributed by atoms with Crippen LogP contribution in [0.3, 0.4) is 0 Å². The number of benzene rings is 6. The van der Waals surface area contributed by atoms with Gasteiger partial charge in [0, 0.05) is 32.5 Å². The molecule has 0 radical (unpaired) electrons. The molecule has 6 aromatic rings. The summed E-state index contributed by atoms with van der Waals surface area (Å²) < 4.78 is 205. The van der Waals surface area contributed by atoms with Gasteiger partial charge in [0.25, 0.3) is 0 Å². The summed E-state index contributed by atoms with van der Waals surface area (Å²) in [5.74, 6) is -0.907. The molecule has 0 spiro atoms. The van der Waals surface area contributed by atoms with Gasteiger partial charge in [-0.15, -0.1) is 0 Å². The van der Waals surface area contributed by atoms with E-state index in [0.717, 1.165) is 19.3 Å². The minimum Gasteiger partial charge on any atom is -0.743 e. The van der Waals surface area contributed by atoms with Gasteiger partial charge < -0.3 is 28.6 Å². The Hall–Kier alpha value is -4.49. The molecule has 0 bridgehead atoms. The molecule has 450 valence electrons. The fourth-order valence-corrected chi connectivity index (χ4v) is 12.6. The first-order valence-corrected chi connectivity index (χ1v) is 31.3. The fraction of sp³-hybridized carbons (Fsp3) is 0.327. The van der Waals surface area contributed by atoms with Crippen molar-refractivity contribution in [1.82, 2.24) is 0 Å². The third-order valence-electron chi connectivity index (χ3n) is 11.3. The van der Waals surface area contributed by atoms with Gasteiger partial charge in [-0.2, -0.15) is 26.3 Å². The van der Waals surface area contributed by atoms with Crippen LogP contribution in [-0.4, -0.2) is 109 Å². The van der Waals surface area contributed by atoms with E-state index in [4.69, 9.17) is 10.2 Å². The largest absolute Gasteiger partial charge is 1.00 e. The summed E-state index contributed by atoms with van der Waals surface area (Å²) in [6.45, 7) is -2.58. The molecule has 1 aliphatic carbocycles. The third-order valence-corrected chi connectivity index (χ3v) is 18.5. The monoisotopic (exact) mass is 1280 g/mol. The van der Waals surface area contributed by atoms with Gasteiger partial charge in [-0.25, -0.2) is 38.4 Å². The van der Waals surface area contributed by atoms with E-state index in [-0.39, 0.29) is 57.3 Å². The summed E-state index contributed by atoms with van der Waals surface area (Å²) >= 11 is 0. The van der Waals surface area contributed by atoms with Gasteiger partial charge in [-0.1, -0.05) is 128 Å². The number of ether oxygens (including phenoxy) is 1. The van der Waals surface area contributed by atoms with Crippen molar-refractivity contribution < 1.29 is 128 Å². The van der Waals surface area contributed by atoms with Gasteiger partial charge in [-0.3, -0.25) is 4.79 Å². The first-order chi connectivity index (χ1) is 38.5. The van der Waals surface area contributed by atoms with Crippen molar-refractivity contribution in [3.05, 3.63) is 182 Å². The Balaban J connectivity index is 0.000000359. The maximum atomic E-state index is 13.0. The van der Waals surface area contributed by atoms with Gasteiger partial charge >= 0.3 is 51.3 Å². The van der Waals surface area contributed by atoms with Crippen LogP contribution in [0.1, 0.15) is 51.4 Å². The third kappa shape index (κ3) is 23.7. The van der Waals surface area contributed by atoms with E-state index in [0.29, 0.717) is 12.8 Å². The molecule has 0 aliphatic heterocycles. The van der Waals surface area contributed by atoms with E-state index in [1.54, 1.807) is 0 Å². The Kier molecular flexibility index (Phi) is 32.2. The van der Waals surface area contributed by atoms with Crippen LogP contribution in [0.25, 0.3) is 0 Å². The summed E-state index contributed by atoms with van der Waals surface area (Å²) in [5, 5.41) is 1.06. The molecule has 0 aromatic heterocycles. The van der Waals surface area contributed by atoms with E-state index in [2.05, 4.69) is 187 Å². The Morgan fingerprint density at radius 3 is 0.867 bits per heavy atom. The molecule has 2 N–H and O–H groups in total.